The number of rotatable bonds is 3. The molecule has 5 heteroatoms. The molecule has 5 nitrogen and oxygen atoms in total. The monoisotopic (exact) mass is 356 g/mol. The molecule has 0 unspecified atom stereocenters. The maximum atomic E-state index is 13.1. The molecule has 26 heavy (non-hydrogen) atoms. The molecule has 0 aromatic heterocycles. The minimum atomic E-state index is -1.28. The Kier molecular flexibility index (Phi) is 4.85. The summed E-state index contributed by atoms with van der Waals surface area (Å²) in [6.07, 6.45) is 2.48. The summed E-state index contributed by atoms with van der Waals surface area (Å²) in [4.78, 5) is 13.1. The fourth-order valence-corrected chi connectivity index (χ4v) is 5.29. The Morgan fingerprint density at radius 3 is 2.77 bits per heavy atom. The number of benzene rings is 1. The van der Waals surface area contributed by atoms with Crippen LogP contribution in [0.15, 0.2) is 18.2 Å². The number of nitrogens with zero attached hydrogens (tertiary/aromatic N) is 1. The number of aliphatic hydroxyl groups is 1. The summed E-state index contributed by atoms with van der Waals surface area (Å²) < 4.78 is 5.41. The van der Waals surface area contributed by atoms with E-state index in [4.69, 9.17) is 10.5 Å². The SMILES string of the molecule is CCOC(=O)[C@]1(N)c2cc(C#N)ccc2C[C@@]12C[C@@H](CC)[C@H](O)[C@@H](C)C2. The molecule has 0 radical (unpaired) electrons. The van der Waals surface area contributed by atoms with Crippen LogP contribution >= 0.6 is 0 Å². The molecule has 1 spiro atoms. The van der Waals surface area contributed by atoms with Gasteiger partial charge in [0.25, 0.3) is 0 Å². The summed E-state index contributed by atoms with van der Waals surface area (Å²) in [6, 6.07) is 7.59. The van der Waals surface area contributed by atoms with Gasteiger partial charge in [0.2, 0.25) is 0 Å². The average molecular weight is 356 g/mol. The maximum absolute atomic E-state index is 13.1. The van der Waals surface area contributed by atoms with E-state index >= 15 is 0 Å². The topological polar surface area (TPSA) is 96.3 Å². The van der Waals surface area contributed by atoms with Gasteiger partial charge in [-0.05, 0) is 61.3 Å². The lowest BCUT2D eigenvalue weighted by molar-refractivity contribution is -0.161. The molecule has 1 fully saturated rings. The zero-order valence-corrected chi connectivity index (χ0v) is 15.8. The number of ether oxygens (including phenoxy) is 1. The smallest absolute Gasteiger partial charge is 0.331 e. The van der Waals surface area contributed by atoms with E-state index in [1.165, 1.54) is 0 Å². The number of hydrogen-bond donors (Lipinski definition) is 2. The van der Waals surface area contributed by atoms with Crippen LogP contribution in [0.25, 0.3) is 0 Å². The Balaban J connectivity index is 2.16. The van der Waals surface area contributed by atoms with E-state index in [-0.39, 0.29) is 24.5 Å². The van der Waals surface area contributed by atoms with Gasteiger partial charge in [0.15, 0.2) is 0 Å². The van der Waals surface area contributed by atoms with E-state index in [0.717, 1.165) is 12.0 Å². The van der Waals surface area contributed by atoms with Gasteiger partial charge < -0.3 is 15.6 Å². The molecule has 0 amide bonds. The molecule has 3 rings (SSSR count). The Hall–Kier alpha value is -1.90. The van der Waals surface area contributed by atoms with Crippen LogP contribution in [0.1, 0.15) is 56.7 Å². The van der Waals surface area contributed by atoms with Crippen LogP contribution in [0.3, 0.4) is 0 Å². The van der Waals surface area contributed by atoms with E-state index in [2.05, 4.69) is 13.0 Å². The number of hydrogen-bond acceptors (Lipinski definition) is 5. The van der Waals surface area contributed by atoms with Gasteiger partial charge in [-0.15, -0.1) is 0 Å². The van der Waals surface area contributed by atoms with Gasteiger partial charge in [-0.25, -0.2) is 4.79 Å². The molecule has 140 valence electrons. The lowest BCUT2D eigenvalue weighted by Gasteiger charge is -2.50. The zero-order valence-electron chi connectivity index (χ0n) is 15.8. The molecule has 0 bridgehead atoms. The zero-order chi connectivity index (χ0) is 19.1. The number of nitrogens with two attached hydrogens (primary N) is 1. The van der Waals surface area contributed by atoms with Crippen molar-refractivity contribution in [3.05, 3.63) is 34.9 Å². The number of fused-ring (bicyclic) bond motifs is 1. The maximum Gasteiger partial charge on any atom is 0.331 e. The van der Waals surface area contributed by atoms with Crippen LogP contribution in [-0.4, -0.2) is 23.8 Å². The van der Waals surface area contributed by atoms with E-state index in [1.54, 1.807) is 19.1 Å². The van der Waals surface area contributed by atoms with Gasteiger partial charge in [0, 0.05) is 5.41 Å². The molecule has 0 aliphatic heterocycles. The van der Waals surface area contributed by atoms with E-state index in [9.17, 15) is 15.2 Å². The van der Waals surface area contributed by atoms with Crippen molar-refractivity contribution in [1.29, 1.82) is 5.26 Å². The summed E-state index contributed by atoms with van der Waals surface area (Å²) in [5.41, 5.74) is 7.34. The van der Waals surface area contributed by atoms with Gasteiger partial charge in [-0.1, -0.05) is 26.3 Å². The van der Waals surface area contributed by atoms with Crippen molar-refractivity contribution < 1.29 is 14.6 Å². The molecule has 1 saturated carbocycles. The van der Waals surface area contributed by atoms with Crippen molar-refractivity contribution >= 4 is 5.97 Å². The number of aliphatic hydroxyl groups excluding tert-OH is 1. The van der Waals surface area contributed by atoms with Gasteiger partial charge >= 0.3 is 5.97 Å². The minimum Gasteiger partial charge on any atom is -0.464 e. The third kappa shape index (κ3) is 2.55. The predicted molar refractivity (Wildman–Crippen MR) is 98.0 cm³/mol. The van der Waals surface area contributed by atoms with E-state index < -0.39 is 16.9 Å². The number of nitriles is 1. The Labute approximate surface area is 155 Å². The molecular weight excluding hydrogens is 328 g/mol. The highest BCUT2D eigenvalue weighted by Gasteiger charge is 2.63. The average Bonchev–Trinajstić information content (AvgIpc) is 2.87. The fraction of sp³-hybridized carbons (Fsp3) is 0.619. The van der Waals surface area contributed by atoms with Crippen LogP contribution in [0.2, 0.25) is 0 Å². The van der Waals surface area contributed by atoms with Crippen LogP contribution in [0.5, 0.6) is 0 Å². The first-order valence-electron chi connectivity index (χ1n) is 9.50. The molecule has 0 heterocycles. The van der Waals surface area contributed by atoms with Crippen LogP contribution in [0, 0.1) is 28.6 Å². The van der Waals surface area contributed by atoms with E-state index in [0.29, 0.717) is 30.4 Å². The molecule has 5 atom stereocenters. The Morgan fingerprint density at radius 1 is 1.42 bits per heavy atom. The first-order valence-corrected chi connectivity index (χ1v) is 9.50. The summed E-state index contributed by atoms with van der Waals surface area (Å²) >= 11 is 0. The molecule has 2 aliphatic carbocycles. The second kappa shape index (κ2) is 6.68. The second-order valence-electron chi connectivity index (χ2n) is 8.01. The van der Waals surface area contributed by atoms with Crippen molar-refractivity contribution in [2.45, 2.75) is 58.1 Å². The largest absolute Gasteiger partial charge is 0.464 e. The molecule has 3 N–H and O–H groups in total. The van der Waals surface area contributed by atoms with Crippen molar-refractivity contribution in [2.75, 3.05) is 6.61 Å². The normalized spacial score (nSPS) is 35.8. The van der Waals surface area contributed by atoms with Crippen molar-refractivity contribution in [2.24, 2.45) is 23.0 Å². The summed E-state index contributed by atoms with van der Waals surface area (Å²) in [6.45, 7) is 6.13. The van der Waals surface area contributed by atoms with Gasteiger partial charge in [0.05, 0.1) is 24.3 Å². The molecule has 2 aliphatic rings. The first kappa shape index (κ1) is 18.9. The fourth-order valence-electron chi connectivity index (χ4n) is 5.29. The number of carbonyl (C=O) groups is 1. The minimum absolute atomic E-state index is 0.0517. The summed E-state index contributed by atoms with van der Waals surface area (Å²) in [5, 5.41) is 19.9. The quantitative estimate of drug-likeness (QED) is 0.812. The number of carbonyl (C=O) groups excluding carboxylic acids is 1. The third-order valence-electron chi connectivity index (χ3n) is 6.58. The van der Waals surface area contributed by atoms with Gasteiger partial charge in [0.1, 0.15) is 5.54 Å². The van der Waals surface area contributed by atoms with Gasteiger partial charge in [-0.2, -0.15) is 5.26 Å². The van der Waals surface area contributed by atoms with Crippen LogP contribution in [-0.2, 0) is 21.5 Å². The third-order valence-corrected chi connectivity index (χ3v) is 6.58. The highest BCUT2D eigenvalue weighted by molar-refractivity contribution is 5.86. The molecule has 0 saturated heterocycles. The lowest BCUT2D eigenvalue weighted by Crippen LogP contribution is -2.60. The number of esters is 1. The molecular formula is C21H28N2O3. The lowest BCUT2D eigenvalue weighted by atomic mass is 9.56. The molecule has 1 aromatic rings. The van der Waals surface area contributed by atoms with Crippen LogP contribution < -0.4 is 5.73 Å². The van der Waals surface area contributed by atoms with Crippen LogP contribution in [0.4, 0.5) is 0 Å². The second-order valence-corrected chi connectivity index (χ2v) is 8.01. The summed E-state index contributed by atoms with van der Waals surface area (Å²) in [5.74, 6) is -0.274. The van der Waals surface area contributed by atoms with Crippen molar-refractivity contribution in [3.8, 4) is 6.07 Å². The highest BCUT2D eigenvalue weighted by Crippen LogP contribution is 2.59. The van der Waals surface area contributed by atoms with E-state index in [1.807, 2.05) is 13.0 Å². The van der Waals surface area contributed by atoms with Crippen molar-refractivity contribution in [1.82, 2.24) is 0 Å². The Morgan fingerprint density at radius 2 is 2.15 bits per heavy atom. The van der Waals surface area contributed by atoms with Crippen molar-refractivity contribution in [3.63, 3.8) is 0 Å². The standard InChI is InChI=1S/C21H28N2O3/c1-4-15-10-20(9-13(3)18(15)24)11-16-7-6-14(12-22)8-17(16)21(20,23)19(25)26-5-2/h6-8,13,15,18,24H,4-5,9-11,23H2,1-3H3/t13-,15+,18+,20+,21+/m0/s1. The molecule has 1 aromatic carbocycles. The first-order chi connectivity index (χ1) is 12.3. The Bertz CT molecular complexity index is 756. The summed E-state index contributed by atoms with van der Waals surface area (Å²) in [7, 11) is 0. The highest BCUT2D eigenvalue weighted by atomic mass is 16.5. The predicted octanol–water partition coefficient (Wildman–Crippen LogP) is 2.63. The van der Waals surface area contributed by atoms with Gasteiger partial charge in [-0.3, -0.25) is 0 Å².